The highest BCUT2D eigenvalue weighted by atomic mass is 16.6. The van der Waals surface area contributed by atoms with Gasteiger partial charge in [0, 0.05) is 43.9 Å². The van der Waals surface area contributed by atoms with Crippen LogP contribution in [0.5, 0.6) is 0 Å². The molecule has 0 aromatic heterocycles. The maximum atomic E-state index is 13.5. The summed E-state index contributed by atoms with van der Waals surface area (Å²) in [7, 11) is 0. The molecule has 1 aliphatic rings. The number of nitrogens with zero attached hydrogens (tertiary/aromatic N) is 1. The number of hydrogen-bond acceptors (Lipinski definition) is 14. The van der Waals surface area contributed by atoms with E-state index in [4.69, 9.17) is 33.2 Å². The van der Waals surface area contributed by atoms with E-state index in [0.29, 0.717) is 25.7 Å². The number of hydrogen-bond donors (Lipinski definition) is 0. The van der Waals surface area contributed by atoms with Crippen molar-refractivity contribution in [3.05, 3.63) is 0 Å². The minimum Gasteiger partial charge on any atom is -0.465 e. The fourth-order valence-electron chi connectivity index (χ4n) is 8.28. The van der Waals surface area contributed by atoms with Crippen molar-refractivity contribution in [3.8, 4) is 0 Å². The van der Waals surface area contributed by atoms with E-state index in [1.807, 2.05) is 0 Å². The van der Waals surface area contributed by atoms with E-state index in [1.54, 1.807) is 20.8 Å². The first kappa shape index (κ1) is 65.1. The fourth-order valence-corrected chi connectivity index (χ4v) is 8.28. The molecule has 1 rings (SSSR count). The summed E-state index contributed by atoms with van der Waals surface area (Å²) in [6.45, 7) is 13.0. The van der Waals surface area contributed by atoms with Crippen molar-refractivity contribution in [3.63, 3.8) is 0 Å². The monoisotopic (exact) mass is 1010 g/mol. The lowest BCUT2D eigenvalue weighted by Crippen LogP contribution is -2.42. The number of carbonyl (C=O) groups excluding carboxylic acids is 7. The maximum Gasteiger partial charge on any atom is 0.410 e. The van der Waals surface area contributed by atoms with E-state index < -0.39 is 47.6 Å². The predicted molar refractivity (Wildman–Crippen MR) is 274 cm³/mol. The van der Waals surface area contributed by atoms with Crippen LogP contribution in [0.1, 0.15) is 248 Å². The number of unbranched alkanes of at least 4 members (excludes halogenated alkanes) is 20. The smallest absolute Gasteiger partial charge is 0.410 e. The minimum atomic E-state index is -0.842. The van der Waals surface area contributed by atoms with E-state index in [-0.39, 0.29) is 108 Å². The molecule has 15 heteroatoms. The number of ether oxygens (including phenoxy) is 7. The summed E-state index contributed by atoms with van der Waals surface area (Å²) in [6, 6.07) is -0.711. The first-order valence-corrected chi connectivity index (χ1v) is 28.1. The summed E-state index contributed by atoms with van der Waals surface area (Å²) >= 11 is 0. The van der Waals surface area contributed by atoms with Crippen LogP contribution in [0.4, 0.5) is 4.79 Å². The summed E-state index contributed by atoms with van der Waals surface area (Å²) < 4.78 is 39.6. The molecule has 0 aromatic rings. The fraction of sp³-hybridized carbons (Fsp3) is 0.875. The quantitative estimate of drug-likeness (QED) is 0.0319. The summed E-state index contributed by atoms with van der Waals surface area (Å²) in [5, 5.41) is 0. The second-order valence-electron chi connectivity index (χ2n) is 20.8. The highest BCUT2D eigenvalue weighted by Crippen LogP contribution is 2.26. The third-order valence-corrected chi connectivity index (χ3v) is 12.5. The first-order chi connectivity index (χ1) is 34.1. The molecule has 0 N–H and O–H groups in total. The Morgan fingerprint density at radius 2 is 0.761 bits per heavy atom. The molecule has 71 heavy (non-hydrogen) atoms. The third-order valence-electron chi connectivity index (χ3n) is 12.5. The van der Waals surface area contributed by atoms with Gasteiger partial charge in [-0.05, 0) is 46.5 Å². The lowest BCUT2D eigenvalue weighted by atomic mass is 10.1. The highest BCUT2D eigenvalue weighted by Gasteiger charge is 2.40. The molecule has 0 radical (unpaired) electrons. The van der Waals surface area contributed by atoms with Crippen LogP contribution in [-0.2, 0) is 61.9 Å². The number of esters is 6. The van der Waals surface area contributed by atoms with Gasteiger partial charge in [0.1, 0.15) is 18.3 Å². The molecule has 0 spiro atoms. The molecule has 1 heterocycles. The molecule has 15 nitrogen and oxygen atoms in total. The van der Waals surface area contributed by atoms with Crippen LogP contribution in [0.3, 0.4) is 0 Å². The molecule has 0 aliphatic carbocycles. The van der Waals surface area contributed by atoms with Crippen molar-refractivity contribution < 1.29 is 66.7 Å². The second kappa shape index (κ2) is 41.6. The number of amides is 1. The third kappa shape index (κ3) is 36.6. The largest absolute Gasteiger partial charge is 0.465 e. The molecule has 1 amide bonds. The van der Waals surface area contributed by atoms with Gasteiger partial charge in [0.05, 0.1) is 51.9 Å². The van der Waals surface area contributed by atoms with Gasteiger partial charge in [0.2, 0.25) is 0 Å². The number of rotatable bonds is 43. The summed E-state index contributed by atoms with van der Waals surface area (Å²) in [4.78, 5) is 92.5. The van der Waals surface area contributed by atoms with Crippen LogP contribution >= 0.6 is 0 Å². The van der Waals surface area contributed by atoms with Gasteiger partial charge < -0.3 is 33.2 Å². The average molecular weight is 1010 g/mol. The second-order valence-corrected chi connectivity index (χ2v) is 20.8. The molecule has 0 saturated carbocycles. The van der Waals surface area contributed by atoms with Crippen LogP contribution in [0.25, 0.3) is 0 Å². The van der Waals surface area contributed by atoms with E-state index in [0.717, 1.165) is 128 Å². The van der Waals surface area contributed by atoms with Crippen molar-refractivity contribution in [2.24, 2.45) is 11.8 Å². The molecule has 1 saturated heterocycles. The normalized spacial score (nSPS) is 14.6. The standard InChI is InChI=1S/C56H99NO14/c1-8-12-16-20-24-28-32-49(58)65-40-45(41-66-50(59)33-29-25-21-17-13-9-2)36-53(62)69-44-47-38-48(39-57(47)55(64)71-56(5,6)7)70-54(63)37-46(42-67-51(60)34-30-26-22-18-14-10-3)43-68-52(61)35-31-27-23-19-15-11-4/h45-48H,8-44H2,1-7H3/t47-,48+/m1/s1. The molecular weight excluding hydrogens is 911 g/mol. The Balaban J connectivity index is 3.00. The number of likely N-dealkylation sites (tertiary alicyclic amines) is 1. The zero-order valence-corrected chi connectivity index (χ0v) is 45.6. The number of carbonyl (C=O) groups is 7. The molecule has 0 unspecified atom stereocenters. The minimum absolute atomic E-state index is 0.0280. The van der Waals surface area contributed by atoms with Gasteiger partial charge in [-0.2, -0.15) is 0 Å². The van der Waals surface area contributed by atoms with E-state index in [9.17, 15) is 33.6 Å². The highest BCUT2D eigenvalue weighted by molar-refractivity contribution is 5.73. The molecule has 0 bridgehead atoms. The van der Waals surface area contributed by atoms with Gasteiger partial charge in [-0.1, -0.05) is 156 Å². The molecule has 0 aromatic carbocycles. The average Bonchev–Trinajstić information content (AvgIpc) is 3.73. The van der Waals surface area contributed by atoms with Crippen molar-refractivity contribution in [1.29, 1.82) is 0 Å². The predicted octanol–water partition coefficient (Wildman–Crippen LogP) is 12.6. The van der Waals surface area contributed by atoms with Crippen LogP contribution < -0.4 is 0 Å². The van der Waals surface area contributed by atoms with Crippen LogP contribution in [0.15, 0.2) is 0 Å². The summed E-state index contributed by atoms with van der Waals surface area (Å²) in [5.74, 6) is -4.07. The van der Waals surface area contributed by atoms with E-state index in [1.165, 1.54) is 4.90 Å². The Kier molecular flexibility index (Phi) is 38.1. The van der Waals surface area contributed by atoms with Crippen molar-refractivity contribution in [2.45, 2.75) is 265 Å². The van der Waals surface area contributed by atoms with Gasteiger partial charge in [-0.25, -0.2) is 4.79 Å². The van der Waals surface area contributed by atoms with Gasteiger partial charge in [0.25, 0.3) is 0 Å². The van der Waals surface area contributed by atoms with Crippen molar-refractivity contribution in [2.75, 3.05) is 39.6 Å². The molecule has 2 atom stereocenters. The Morgan fingerprint density at radius 3 is 1.10 bits per heavy atom. The Labute approximate surface area is 428 Å². The first-order valence-electron chi connectivity index (χ1n) is 28.1. The van der Waals surface area contributed by atoms with Gasteiger partial charge in [0.15, 0.2) is 0 Å². The zero-order chi connectivity index (χ0) is 52.5. The Bertz CT molecular complexity index is 1400. The van der Waals surface area contributed by atoms with Crippen LogP contribution in [0, 0.1) is 11.8 Å². The Hall–Kier alpha value is -3.91. The summed E-state index contributed by atoms with van der Waals surface area (Å²) in [6.07, 6.45) is 23.8. The van der Waals surface area contributed by atoms with Crippen molar-refractivity contribution >= 4 is 41.9 Å². The van der Waals surface area contributed by atoms with Crippen LogP contribution in [0.2, 0.25) is 0 Å². The topological polar surface area (TPSA) is 187 Å². The van der Waals surface area contributed by atoms with Gasteiger partial charge in [-0.3, -0.25) is 33.7 Å². The lowest BCUT2D eigenvalue weighted by molar-refractivity contribution is -0.157. The summed E-state index contributed by atoms with van der Waals surface area (Å²) in [5.41, 5.74) is -0.842. The maximum absolute atomic E-state index is 13.5. The SMILES string of the molecule is CCCCCCCCC(=O)OCC(COC(=O)CCCCCCCC)CC(=O)OC[C@H]1C[C@H](OC(=O)CC(COC(=O)CCCCCCCC)COC(=O)CCCCCCCC)CN1C(=O)OC(C)(C)C. The molecule has 1 fully saturated rings. The van der Waals surface area contributed by atoms with E-state index >= 15 is 0 Å². The molecule has 1 aliphatic heterocycles. The van der Waals surface area contributed by atoms with Crippen molar-refractivity contribution in [1.82, 2.24) is 4.90 Å². The lowest BCUT2D eigenvalue weighted by Gasteiger charge is -2.28. The van der Waals surface area contributed by atoms with Crippen LogP contribution in [-0.4, -0.2) is 104 Å². The zero-order valence-electron chi connectivity index (χ0n) is 45.6. The van der Waals surface area contributed by atoms with Gasteiger partial charge >= 0.3 is 41.9 Å². The van der Waals surface area contributed by atoms with Gasteiger partial charge in [-0.15, -0.1) is 0 Å². The molecule has 412 valence electrons. The van der Waals surface area contributed by atoms with E-state index in [2.05, 4.69) is 27.7 Å². The Morgan fingerprint density at radius 1 is 0.437 bits per heavy atom. The molecular formula is C56H99NO14.